The molecule has 58 heavy (non-hydrogen) atoms. The predicted molar refractivity (Wildman–Crippen MR) is 209 cm³/mol. The van der Waals surface area contributed by atoms with Crippen LogP contribution >= 0.6 is 0 Å². The molecule has 3 N–H and O–H groups in total. The van der Waals surface area contributed by atoms with Crippen molar-refractivity contribution >= 4 is 44.9 Å². The number of nitrogens with zero attached hydrogens (tertiary/aromatic N) is 3. The van der Waals surface area contributed by atoms with Gasteiger partial charge in [0, 0.05) is 12.0 Å². The summed E-state index contributed by atoms with van der Waals surface area (Å²) in [7, 11) is -4.14. The number of ether oxygens (including phenoxy) is 2. The number of benzene rings is 2. The van der Waals surface area contributed by atoms with E-state index in [9.17, 15) is 36.4 Å². The third-order valence-electron chi connectivity index (χ3n) is 11.5. The van der Waals surface area contributed by atoms with E-state index >= 15 is 0 Å². The molecule has 1 saturated heterocycles. The van der Waals surface area contributed by atoms with Crippen LogP contribution < -0.4 is 20.1 Å². The second kappa shape index (κ2) is 16.0. The van der Waals surface area contributed by atoms with Crippen molar-refractivity contribution in [2.75, 3.05) is 6.54 Å². The average Bonchev–Trinajstić information content (AvgIpc) is 4.10. The molecular formula is C41H50F2N6O8S. The lowest BCUT2D eigenvalue weighted by molar-refractivity contribution is -0.142. The maximum atomic E-state index is 14.6. The predicted octanol–water partition coefficient (Wildman–Crippen LogP) is 5.04. The molecule has 1 aromatic heterocycles. The maximum absolute atomic E-state index is 14.6. The number of nitrogens with one attached hydrogen (secondary N) is 3. The molecule has 5 atom stereocenters. The minimum atomic E-state index is -4.14. The van der Waals surface area contributed by atoms with E-state index in [-0.39, 0.29) is 18.8 Å². The van der Waals surface area contributed by atoms with Gasteiger partial charge in [0.15, 0.2) is 0 Å². The summed E-state index contributed by atoms with van der Waals surface area (Å²) in [6.45, 7) is 6.83. The Balaban J connectivity index is 1.26. The van der Waals surface area contributed by atoms with Gasteiger partial charge in [-0.25, -0.2) is 32.0 Å². The normalized spacial score (nSPS) is 26.6. The SMILES string of the molecule is CC(C)[C@@H]1NC(=O)OC(C)(C)CCCCCc2ccc3nc(-c4ccccc4)c(nc3c2)O[C@@H]2C[C@@H](C(=O)N[C@@]3(C(=O)NS(=O)(=O)C4CC4)C[C@H]3C(F)F)N(C2)C1=O. The van der Waals surface area contributed by atoms with Crippen LogP contribution in [0.1, 0.15) is 84.6 Å². The van der Waals surface area contributed by atoms with Gasteiger partial charge in [0.2, 0.25) is 34.1 Å². The minimum absolute atomic E-state index is 0.147. The molecule has 2 aromatic carbocycles. The van der Waals surface area contributed by atoms with Gasteiger partial charge in [0.1, 0.15) is 35.0 Å². The average molecular weight is 825 g/mol. The van der Waals surface area contributed by atoms with Crippen molar-refractivity contribution < 1.29 is 45.9 Å². The van der Waals surface area contributed by atoms with Crippen LogP contribution in [0.3, 0.4) is 0 Å². The molecule has 0 spiro atoms. The highest BCUT2D eigenvalue weighted by atomic mass is 32.2. The lowest BCUT2D eigenvalue weighted by atomic mass is 9.98. The molecule has 3 aromatic rings. The number of fused-ring (bicyclic) bond motifs is 4. The van der Waals surface area contributed by atoms with Crippen LogP contribution in [0.25, 0.3) is 22.3 Å². The van der Waals surface area contributed by atoms with Crippen molar-refractivity contribution in [3.8, 4) is 17.1 Å². The highest BCUT2D eigenvalue weighted by Crippen LogP contribution is 2.48. The van der Waals surface area contributed by atoms with Crippen LogP contribution in [-0.4, -0.2) is 94.6 Å². The summed E-state index contributed by atoms with van der Waals surface area (Å²) >= 11 is 0. The molecule has 3 fully saturated rings. The van der Waals surface area contributed by atoms with Crippen LogP contribution in [0, 0.1) is 11.8 Å². The lowest BCUT2D eigenvalue weighted by Gasteiger charge is -2.32. The van der Waals surface area contributed by atoms with Crippen LogP contribution in [0.2, 0.25) is 0 Å². The third-order valence-corrected chi connectivity index (χ3v) is 13.3. The molecule has 2 aliphatic carbocycles. The molecule has 14 nitrogen and oxygen atoms in total. The van der Waals surface area contributed by atoms with Gasteiger partial charge in [-0.15, -0.1) is 0 Å². The zero-order valence-corrected chi connectivity index (χ0v) is 33.8. The number of amides is 4. The highest BCUT2D eigenvalue weighted by molar-refractivity contribution is 7.91. The number of aryl methyl sites for hydroxylation is 1. The Hall–Kier alpha value is -4.93. The second-order valence-electron chi connectivity index (χ2n) is 16.9. The van der Waals surface area contributed by atoms with Crippen molar-refractivity contribution in [1.29, 1.82) is 0 Å². The Morgan fingerprint density at radius 3 is 2.41 bits per heavy atom. The minimum Gasteiger partial charge on any atom is -0.471 e. The van der Waals surface area contributed by atoms with Gasteiger partial charge in [-0.2, -0.15) is 0 Å². The molecule has 3 heterocycles. The Morgan fingerprint density at radius 2 is 1.74 bits per heavy atom. The summed E-state index contributed by atoms with van der Waals surface area (Å²) in [4.78, 5) is 66.7. The Morgan fingerprint density at radius 1 is 1.00 bits per heavy atom. The molecule has 17 heteroatoms. The molecular weight excluding hydrogens is 775 g/mol. The molecule has 0 radical (unpaired) electrons. The first-order chi connectivity index (χ1) is 27.5. The largest absolute Gasteiger partial charge is 0.471 e. The van der Waals surface area contributed by atoms with Gasteiger partial charge in [0.05, 0.1) is 28.7 Å². The lowest BCUT2D eigenvalue weighted by Crippen LogP contribution is -2.59. The smallest absolute Gasteiger partial charge is 0.408 e. The number of carbonyl (C=O) groups excluding carboxylic acids is 4. The number of carbonyl (C=O) groups is 4. The zero-order valence-electron chi connectivity index (χ0n) is 33.0. The van der Waals surface area contributed by atoms with Gasteiger partial charge < -0.3 is 25.0 Å². The summed E-state index contributed by atoms with van der Waals surface area (Å²) in [6, 6.07) is 12.6. The van der Waals surface area contributed by atoms with Crippen molar-refractivity contribution in [2.24, 2.45) is 11.8 Å². The summed E-state index contributed by atoms with van der Waals surface area (Å²) in [5.41, 5.74) is 0.310. The third kappa shape index (κ3) is 8.88. The summed E-state index contributed by atoms with van der Waals surface area (Å²) < 4.78 is 68.1. The molecule has 7 rings (SSSR count). The van der Waals surface area contributed by atoms with E-state index < -0.39 is 93.1 Å². The molecule has 5 bridgehead atoms. The van der Waals surface area contributed by atoms with Crippen LogP contribution in [0.4, 0.5) is 13.6 Å². The number of rotatable bonds is 8. The van der Waals surface area contributed by atoms with Crippen LogP contribution in [0.5, 0.6) is 5.88 Å². The monoisotopic (exact) mass is 824 g/mol. The number of aromatic nitrogens is 2. The quantitative estimate of drug-likeness (QED) is 0.278. The van der Waals surface area contributed by atoms with Crippen LogP contribution in [0.15, 0.2) is 48.5 Å². The van der Waals surface area contributed by atoms with Crippen molar-refractivity contribution in [1.82, 2.24) is 30.2 Å². The van der Waals surface area contributed by atoms with Gasteiger partial charge in [0.25, 0.3) is 5.91 Å². The van der Waals surface area contributed by atoms with E-state index in [4.69, 9.17) is 19.4 Å². The molecule has 2 saturated carbocycles. The summed E-state index contributed by atoms with van der Waals surface area (Å²) in [5.74, 6) is -4.88. The number of cyclic esters (lactones) is 1. The molecule has 4 amide bonds. The summed E-state index contributed by atoms with van der Waals surface area (Å²) in [5, 5.41) is 4.32. The van der Waals surface area contributed by atoms with E-state index in [2.05, 4.69) is 10.6 Å². The summed E-state index contributed by atoms with van der Waals surface area (Å²) in [6.07, 6.45) is -0.893. The Kier molecular flexibility index (Phi) is 11.4. The first kappa shape index (κ1) is 41.2. The fraction of sp³-hybridized carbons (Fsp3) is 0.561. The number of hydrogen-bond acceptors (Lipinski definition) is 10. The first-order valence-corrected chi connectivity index (χ1v) is 21.5. The maximum Gasteiger partial charge on any atom is 0.408 e. The first-order valence-electron chi connectivity index (χ1n) is 20.0. The van der Waals surface area contributed by atoms with E-state index in [1.807, 2.05) is 53.3 Å². The second-order valence-corrected chi connectivity index (χ2v) is 18.9. The van der Waals surface area contributed by atoms with Gasteiger partial charge >= 0.3 is 6.09 Å². The van der Waals surface area contributed by atoms with Crippen LogP contribution in [-0.2, 0) is 35.6 Å². The number of halogens is 2. The van der Waals surface area contributed by atoms with Crippen molar-refractivity contribution in [3.63, 3.8) is 0 Å². The zero-order chi connectivity index (χ0) is 41.6. The molecule has 4 aliphatic rings. The fourth-order valence-corrected chi connectivity index (χ4v) is 9.25. The van der Waals surface area contributed by atoms with Gasteiger partial charge in [-0.1, -0.05) is 56.7 Å². The number of alkyl halides is 2. The van der Waals surface area contributed by atoms with Gasteiger partial charge in [-0.3, -0.25) is 19.1 Å². The topological polar surface area (TPSA) is 186 Å². The fourth-order valence-electron chi connectivity index (χ4n) is 7.88. The Bertz CT molecular complexity index is 2190. The van der Waals surface area contributed by atoms with Crippen molar-refractivity contribution in [3.05, 3.63) is 54.1 Å². The van der Waals surface area contributed by atoms with E-state index in [0.717, 1.165) is 31.2 Å². The molecule has 0 unspecified atom stereocenters. The number of sulfonamides is 1. The molecule has 2 aliphatic heterocycles. The Labute approximate surface area is 336 Å². The highest BCUT2D eigenvalue weighted by Gasteiger charge is 2.66. The van der Waals surface area contributed by atoms with Crippen molar-refractivity contribution in [2.45, 2.75) is 126 Å². The number of alkyl carbamates (subject to hydrolysis) is 1. The standard InChI is InChI=1S/C41H50F2N6O8S/c1-23(2)32-37(51)49-22-26(20-31(49)35(50)47-41(21-28(41)34(42)43)38(52)48-58(54,55)27-15-16-27)56-36-33(25-12-8-5-9-13-25)44-29-17-14-24(19-30(29)45-36)11-7-6-10-18-40(3,4)57-39(53)46-32/h5,8-9,12-14,17,19,23,26-28,31-32,34H,6-7,10-11,15-16,18,20-22H2,1-4H3,(H,46,53)(H,47,50)(H,48,52)/t26-,28+,31+,32+,41+/m1/s1. The van der Waals surface area contributed by atoms with E-state index in [0.29, 0.717) is 41.6 Å². The number of hydrogen-bond donors (Lipinski definition) is 3. The van der Waals surface area contributed by atoms with E-state index in [1.54, 1.807) is 27.7 Å². The molecule has 312 valence electrons. The van der Waals surface area contributed by atoms with E-state index in [1.165, 1.54) is 4.90 Å². The van der Waals surface area contributed by atoms with Gasteiger partial charge in [-0.05, 0) is 82.4 Å².